The Morgan fingerprint density at radius 1 is 1.00 bits per heavy atom. The lowest BCUT2D eigenvalue weighted by atomic mass is 10.1. The van der Waals surface area contributed by atoms with Crippen LogP contribution < -0.4 is 10.0 Å². The average Bonchev–Trinajstić information content (AvgIpc) is 2.55. The summed E-state index contributed by atoms with van der Waals surface area (Å²) >= 11 is 0. The maximum Gasteiger partial charge on any atom is 0.241 e. The van der Waals surface area contributed by atoms with Crippen LogP contribution in [0.1, 0.15) is 25.0 Å². The fourth-order valence-corrected chi connectivity index (χ4v) is 3.59. The Labute approximate surface area is 149 Å². The first kappa shape index (κ1) is 19.1. The Hall–Kier alpha value is -2.18. The minimum absolute atomic E-state index is 0.0744. The lowest BCUT2D eigenvalue weighted by Gasteiger charge is -2.20. The van der Waals surface area contributed by atoms with Crippen molar-refractivity contribution in [2.24, 2.45) is 0 Å². The summed E-state index contributed by atoms with van der Waals surface area (Å²) < 4.78 is 27.8. The van der Waals surface area contributed by atoms with Gasteiger partial charge >= 0.3 is 0 Å². The molecule has 0 saturated heterocycles. The van der Waals surface area contributed by atoms with Gasteiger partial charge in [0, 0.05) is 6.04 Å². The van der Waals surface area contributed by atoms with Crippen LogP contribution >= 0.6 is 0 Å². The fraction of sp³-hybridized carbons (Fsp3) is 0.316. The molecule has 0 saturated carbocycles. The van der Waals surface area contributed by atoms with Crippen molar-refractivity contribution in [2.45, 2.75) is 44.2 Å². The van der Waals surface area contributed by atoms with Crippen molar-refractivity contribution in [3.8, 4) is 0 Å². The smallest absolute Gasteiger partial charge is 0.241 e. The number of carbonyl (C=O) groups excluding carboxylic acids is 1. The summed E-state index contributed by atoms with van der Waals surface area (Å²) in [5.41, 5.74) is 1.86. The highest BCUT2D eigenvalue weighted by molar-refractivity contribution is 7.89. The van der Waals surface area contributed by atoms with E-state index in [1.165, 1.54) is 12.1 Å². The monoisotopic (exact) mass is 360 g/mol. The predicted molar refractivity (Wildman–Crippen MR) is 98.7 cm³/mol. The molecule has 134 valence electrons. The third-order valence-electron chi connectivity index (χ3n) is 3.66. The highest BCUT2D eigenvalue weighted by Gasteiger charge is 2.26. The molecule has 6 heteroatoms. The Bertz CT molecular complexity index is 800. The number of benzene rings is 2. The highest BCUT2D eigenvalue weighted by Crippen LogP contribution is 2.12. The Morgan fingerprint density at radius 2 is 1.60 bits per heavy atom. The summed E-state index contributed by atoms with van der Waals surface area (Å²) in [4.78, 5) is 12.6. The van der Waals surface area contributed by atoms with Gasteiger partial charge < -0.3 is 5.32 Å². The van der Waals surface area contributed by atoms with E-state index < -0.39 is 16.1 Å². The van der Waals surface area contributed by atoms with E-state index in [9.17, 15) is 13.2 Å². The molecule has 2 aromatic carbocycles. The molecule has 0 aliphatic rings. The molecule has 2 aromatic rings. The summed E-state index contributed by atoms with van der Waals surface area (Å²) in [5, 5.41) is 2.78. The lowest BCUT2D eigenvalue weighted by molar-refractivity contribution is -0.123. The number of amides is 1. The number of carbonyl (C=O) groups is 1. The van der Waals surface area contributed by atoms with Crippen LogP contribution in [0.15, 0.2) is 59.5 Å². The van der Waals surface area contributed by atoms with Gasteiger partial charge in [0.2, 0.25) is 15.9 Å². The number of aryl methyl sites for hydroxylation is 1. The number of rotatable bonds is 7. The number of nitrogens with one attached hydrogen (secondary N) is 2. The molecule has 0 unspecified atom stereocenters. The summed E-state index contributed by atoms with van der Waals surface area (Å²) in [5.74, 6) is -0.338. The van der Waals surface area contributed by atoms with Gasteiger partial charge in [0.25, 0.3) is 0 Å². The zero-order valence-electron chi connectivity index (χ0n) is 14.7. The summed E-state index contributed by atoms with van der Waals surface area (Å²) in [7, 11) is -3.79. The van der Waals surface area contributed by atoms with E-state index in [4.69, 9.17) is 0 Å². The Kier molecular flexibility index (Phi) is 6.33. The molecule has 25 heavy (non-hydrogen) atoms. The maximum absolute atomic E-state index is 12.6. The first-order chi connectivity index (χ1) is 11.8. The van der Waals surface area contributed by atoms with Crippen molar-refractivity contribution >= 4 is 15.9 Å². The van der Waals surface area contributed by atoms with E-state index in [1.807, 2.05) is 51.1 Å². The molecule has 0 aliphatic carbocycles. The zero-order chi connectivity index (χ0) is 18.4. The zero-order valence-corrected chi connectivity index (χ0v) is 15.5. The minimum atomic E-state index is -3.79. The molecular formula is C19H24N2O3S. The van der Waals surface area contributed by atoms with Crippen LogP contribution in [0.5, 0.6) is 0 Å². The van der Waals surface area contributed by atoms with Crippen LogP contribution in [0, 0.1) is 6.92 Å². The topological polar surface area (TPSA) is 75.3 Å². The number of sulfonamides is 1. The second-order valence-electron chi connectivity index (χ2n) is 6.34. The molecular weight excluding hydrogens is 336 g/mol. The van der Waals surface area contributed by atoms with Crippen LogP contribution in [0.2, 0.25) is 0 Å². The van der Waals surface area contributed by atoms with Gasteiger partial charge in [-0.25, -0.2) is 8.42 Å². The molecule has 0 aliphatic heterocycles. The van der Waals surface area contributed by atoms with Crippen molar-refractivity contribution in [3.63, 3.8) is 0 Å². The second kappa shape index (κ2) is 8.27. The molecule has 2 N–H and O–H groups in total. The minimum Gasteiger partial charge on any atom is -0.353 e. The van der Waals surface area contributed by atoms with E-state index in [0.717, 1.165) is 11.1 Å². The molecule has 0 fully saturated rings. The van der Waals surface area contributed by atoms with Gasteiger partial charge in [0.1, 0.15) is 6.04 Å². The Morgan fingerprint density at radius 3 is 2.16 bits per heavy atom. The van der Waals surface area contributed by atoms with Gasteiger partial charge in [-0.3, -0.25) is 4.79 Å². The van der Waals surface area contributed by atoms with Crippen LogP contribution in [0.25, 0.3) is 0 Å². The highest BCUT2D eigenvalue weighted by atomic mass is 32.2. The van der Waals surface area contributed by atoms with Crippen molar-refractivity contribution in [1.29, 1.82) is 0 Å². The molecule has 0 spiro atoms. The van der Waals surface area contributed by atoms with Crippen LogP contribution in [-0.4, -0.2) is 26.4 Å². The average molecular weight is 360 g/mol. The fourth-order valence-electron chi connectivity index (χ4n) is 2.40. The molecule has 0 heterocycles. The molecule has 2 rings (SSSR count). The lowest BCUT2D eigenvalue weighted by Crippen LogP contribution is -2.49. The van der Waals surface area contributed by atoms with E-state index in [1.54, 1.807) is 12.1 Å². The first-order valence-corrected chi connectivity index (χ1v) is 9.69. The standard InChI is InChI=1S/C19H24N2O3S/c1-14(2)20-19(22)18(13-16-7-5-4-6-8-16)21-25(23,24)17-11-9-15(3)10-12-17/h4-12,14,18,21H,13H2,1-3H3,(H,20,22)/t18-/m0/s1. The summed E-state index contributed by atoms with van der Waals surface area (Å²) in [6.45, 7) is 5.57. The van der Waals surface area contributed by atoms with Crippen LogP contribution in [0.3, 0.4) is 0 Å². The van der Waals surface area contributed by atoms with Gasteiger partial charge in [-0.15, -0.1) is 0 Å². The molecule has 5 nitrogen and oxygen atoms in total. The van der Waals surface area contributed by atoms with Gasteiger partial charge in [-0.1, -0.05) is 48.0 Å². The van der Waals surface area contributed by atoms with Gasteiger partial charge in [-0.2, -0.15) is 4.72 Å². The van der Waals surface area contributed by atoms with Crippen molar-refractivity contribution in [3.05, 3.63) is 65.7 Å². The number of hydrogen-bond donors (Lipinski definition) is 2. The third kappa shape index (κ3) is 5.69. The van der Waals surface area contributed by atoms with Gasteiger partial charge in [0.15, 0.2) is 0 Å². The van der Waals surface area contributed by atoms with Gasteiger partial charge in [-0.05, 0) is 44.9 Å². The first-order valence-electron chi connectivity index (χ1n) is 8.21. The quantitative estimate of drug-likeness (QED) is 0.796. The summed E-state index contributed by atoms with van der Waals surface area (Å²) in [6.07, 6.45) is 0.282. The van der Waals surface area contributed by atoms with E-state index in [0.29, 0.717) is 0 Å². The van der Waals surface area contributed by atoms with E-state index >= 15 is 0 Å². The second-order valence-corrected chi connectivity index (χ2v) is 8.05. The molecule has 0 radical (unpaired) electrons. The SMILES string of the molecule is Cc1ccc(S(=O)(=O)N[C@@H](Cc2ccccc2)C(=O)NC(C)C)cc1. The number of hydrogen-bond acceptors (Lipinski definition) is 3. The van der Waals surface area contributed by atoms with Crippen molar-refractivity contribution < 1.29 is 13.2 Å². The molecule has 0 aromatic heterocycles. The van der Waals surface area contributed by atoms with Gasteiger partial charge in [0.05, 0.1) is 4.90 Å². The molecule has 0 bridgehead atoms. The van der Waals surface area contributed by atoms with Crippen molar-refractivity contribution in [2.75, 3.05) is 0 Å². The van der Waals surface area contributed by atoms with Crippen LogP contribution in [-0.2, 0) is 21.2 Å². The molecule has 1 amide bonds. The Balaban J connectivity index is 2.25. The third-order valence-corrected chi connectivity index (χ3v) is 5.15. The normalized spacial score (nSPS) is 12.8. The van der Waals surface area contributed by atoms with Crippen molar-refractivity contribution in [1.82, 2.24) is 10.0 Å². The van der Waals surface area contributed by atoms with Crippen LogP contribution in [0.4, 0.5) is 0 Å². The van der Waals surface area contributed by atoms with E-state index in [2.05, 4.69) is 10.0 Å². The molecule has 1 atom stereocenters. The van der Waals surface area contributed by atoms with E-state index in [-0.39, 0.29) is 23.3 Å². The predicted octanol–water partition coefficient (Wildman–Crippen LogP) is 2.41. The summed E-state index contributed by atoms with van der Waals surface area (Å²) in [6, 6.07) is 14.9. The largest absolute Gasteiger partial charge is 0.353 e. The maximum atomic E-state index is 12.6.